The molecule has 0 saturated heterocycles. The van der Waals surface area contributed by atoms with Crippen molar-refractivity contribution in [1.29, 1.82) is 5.41 Å². The van der Waals surface area contributed by atoms with E-state index in [-0.39, 0.29) is 5.75 Å². The lowest BCUT2D eigenvalue weighted by atomic mass is 10.1. The lowest BCUT2D eigenvalue weighted by molar-refractivity contribution is -0.137. The molecule has 0 saturated carbocycles. The fourth-order valence-electron chi connectivity index (χ4n) is 1.71. The summed E-state index contributed by atoms with van der Waals surface area (Å²) in [5.74, 6) is -0.0493. The minimum absolute atomic E-state index is 0.167. The maximum Gasteiger partial charge on any atom is 0.417 e. The summed E-state index contributed by atoms with van der Waals surface area (Å²) in [4.78, 5) is 0. The zero-order valence-corrected chi connectivity index (χ0v) is 12.1. The Hall–Kier alpha value is -2.02. The number of nitrogens with two attached hydrogens (primary N) is 1. The normalized spacial score (nSPS) is 11.2. The smallest absolute Gasteiger partial charge is 0.417 e. The molecule has 0 spiro atoms. The molecule has 0 aliphatic carbocycles. The molecule has 0 amide bonds. The Morgan fingerprint density at radius 1 is 1.14 bits per heavy atom. The van der Waals surface area contributed by atoms with Crippen LogP contribution in [0.5, 0.6) is 11.5 Å². The summed E-state index contributed by atoms with van der Waals surface area (Å²) in [6.07, 6.45) is -4.58. The second-order valence-electron chi connectivity index (χ2n) is 4.15. The molecular weight excluding hydrogens is 349 g/mol. The predicted molar refractivity (Wildman–Crippen MR) is 76.7 cm³/mol. The number of benzene rings is 2. The first-order chi connectivity index (χ1) is 9.79. The molecule has 3 nitrogen and oxygen atoms in total. The highest BCUT2D eigenvalue weighted by Crippen LogP contribution is 2.35. The van der Waals surface area contributed by atoms with E-state index in [2.05, 4.69) is 15.9 Å². The van der Waals surface area contributed by atoms with E-state index in [0.29, 0.717) is 10.2 Å². The van der Waals surface area contributed by atoms with E-state index in [1.54, 1.807) is 24.3 Å². The number of hydrogen-bond acceptors (Lipinski definition) is 2. The topological polar surface area (TPSA) is 59.1 Å². The van der Waals surface area contributed by atoms with E-state index in [9.17, 15) is 13.2 Å². The second-order valence-corrected chi connectivity index (χ2v) is 5.01. The Balaban J connectivity index is 2.42. The van der Waals surface area contributed by atoms with Crippen LogP contribution < -0.4 is 10.5 Å². The van der Waals surface area contributed by atoms with Gasteiger partial charge in [0.1, 0.15) is 17.3 Å². The van der Waals surface area contributed by atoms with E-state index in [1.807, 2.05) is 0 Å². The van der Waals surface area contributed by atoms with Crippen molar-refractivity contribution in [1.82, 2.24) is 0 Å². The molecule has 0 unspecified atom stereocenters. The largest absolute Gasteiger partial charge is 0.456 e. The Bertz CT molecular complexity index is 686. The summed E-state index contributed by atoms with van der Waals surface area (Å²) < 4.78 is 44.7. The van der Waals surface area contributed by atoms with Gasteiger partial charge in [-0.25, -0.2) is 0 Å². The van der Waals surface area contributed by atoms with Crippen LogP contribution in [0.3, 0.4) is 0 Å². The summed E-state index contributed by atoms with van der Waals surface area (Å²) in [6, 6.07) is 10.1. The maximum atomic E-state index is 12.8. The average Bonchev–Trinajstić information content (AvgIpc) is 2.40. The first kappa shape index (κ1) is 15.4. The third-order valence-electron chi connectivity index (χ3n) is 2.65. The van der Waals surface area contributed by atoms with Crippen LogP contribution in [-0.2, 0) is 6.18 Å². The highest BCUT2D eigenvalue weighted by Gasteiger charge is 2.34. The van der Waals surface area contributed by atoms with Gasteiger partial charge in [0.05, 0.1) is 10.0 Å². The Labute approximate surface area is 127 Å². The van der Waals surface area contributed by atoms with Gasteiger partial charge in [-0.15, -0.1) is 0 Å². The van der Waals surface area contributed by atoms with Gasteiger partial charge in [0.2, 0.25) is 0 Å². The van der Waals surface area contributed by atoms with Crippen LogP contribution in [0, 0.1) is 5.41 Å². The molecule has 110 valence electrons. The molecule has 2 aromatic rings. The summed E-state index contributed by atoms with van der Waals surface area (Å²) in [6.45, 7) is 0. The number of rotatable bonds is 3. The number of hydrogen-bond donors (Lipinski definition) is 2. The van der Waals surface area contributed by atoms with Crippen LogP contribution in [0.15, 0.2) is 46.9 Å². The van der Waals surface area contributed by atoms with Crippen LogP contribution >= 0.6 is 15.9 Å². The minimum atomic E-state index is -4.58. The van der Waals surface area contributed by atoms with Gasteiger partial charge in [-0.2, -0.15) is 13.2 Å². The third-order valence-corrected chi connectivity index (χ3v) is 3.31. The number of nitrogens with one attached hydrogen (secondary N) is 1. The third kappa shape index (κ3) is 3.55. The lowest BCUT2D eigenvalue weighted by Gasteiger charge is -2.14. The summed E-state index contributed by atoms with van der Waals surface area (Å²) in [5.41, 5.74) is 3.85. The summed E-state index contributed by atoms with van der Waals surface area (Å²) in [7, 11) is 0. The van der Waals surface area contributed by atoms with Crippen molar-refractivity contribution in [2.24, 2.45) is 5.73 Å². The first-order valence-corrected chi connectivity index (χ1v) is 6.56. The van der Waals surface area contributed by atoms with Crippen LogP contribution in [0.1, 0.15) is 11.1 Å². The highest BCUT2D eigenvalue weighted by atomic mass is 79.9. The molecule has 0 aliphatic rings. The van der Waals surface area contributed by atoms with Crippen molar-refractivity contribution < 1.29 is 17.9 Å². The SMILES string of the molecule is N=C(N)c1cc(Oc2ccccc2Br)ccc1C(F)(F)F. The number of alkyl halides is 3. The van der Waals surface area contributed by atoms with Gasteiger partial charge in [0, 0.05) is 5.56 Å². The zero-order chi connectivity index (χ0) is 15.6. The summed E-state index contributed by atoms with van der Waals surface area (Å²) >= 11 is 3.28. The van der Waals surface area contributed by atoms with Crippen molar-refractivity contribution in [3.63, 3.8) is 0 Å². The van der Waals surface area contributed by atoms with E-state index in [1.165, 1.54) is 6.07 Å². The molecule has 0 radical (unpaired) electrons. The molecule has 2 rings (SSSR count). The van der Waals surface area contributed by atoms with Gasteiger partial charge in [-0.05, 0) is 46.3 Å². The highest BCUT2D eigenvalue weighted by molar-refractivity contribution is 9.10. The molecule has 21 heavy (non-hydrogen) atoms. The second kappa shape index (κ2) is 5.77. The van der Waals surface area contributed by atoms with Crippen molar-refractivity contribution in [3.8, 4) is 11.5 Å². The molecule has 0 bridgehead atoms. The lowest BCUT2D eigenvalue weighted by Crippen LogP contribution is -2.18. The fraction of sp³-hybridized carbons (Fsp3) is 0.0714. The molecule has 0 heterocycles. The van der Waals surface area contributed by atoms with Gasteiger partial charge in [0.25, 0.3) is 0 Å². The first-order valence-electron chi connectivity index (χ1n) is 5.77. The minimum Gasteiger partial charge on any atom is -0.456 e. The van der Waals surface area contributed by atoms with E-state index < -0.39 is 23.1 Å². The Kier molecular flexibility index (Phi) is 4.22. The molecule has 3 N–H and O–H groups in total. The van der Waals surface area contributed by atoms with Gasteiger partial charge >= 0.3 is 6.18 Å². The zero-order valence-electron chi connectivity index (χ0n) is 10.5. The van der Waals surface area contributed by atoms with Gasteiger partial charge in [0.15, 0.2) is 0 Å². The summed E-state index contributed by atoms with van der Waals surface area (Å²) in [5, 5.41) is 7.29. The van der Waals surface area contributed by atoms with Crippen LogP contribution in [0.25, 0.3) is 0 Å². The Morgan fingerprint density at radius 3 is 2.38 bits per heavy atom. The molecule has 2 aromatic carbocycles. The molecular formula is C14H10BrF3N2O. The van der Waals surface area contributed by atoms with Gasteiger partial charge in [-0.1, -0.05) is 12.1 Å². The van der Waals surface area contributed by atoms with E-state index in [0.717, 1.165) is 12.1 Å². The van der Waals surface area contributed by atoms with E-state index in [4.69, 9.17) is 15.9 Å². The number of para-hydroxylation sites is 1. The average molecular weight is 359 g/mol. The number of ether oxygens (including phenoxy) is 1. The monoisotopic (exact) mass is 358 g/mol. The molecule has 0 aliphatic heterocycles. The van der Waals surface area contributed by atoms with Crippen molar-refractivity contribution in [2.75, 3.05) is 0 Å². The van der Waals surface area contributed by atoms with E-state index >= 15 is 0 Å². The molecule has 7 heteroatoms. The number of nitrogen functional groups attached to an aromatic ring is 1. The molecule has 0 aromatic heterocycles. The number of amidine groups is 1. The van der Waals surface area contributed by atoms with Gasteiger partial charge in [-0.3, -0.25) is 5.41 Å². The Morgan fingerprint density at radius 2 is 1.81 bits per heavy atom. The van der Waals surface area contributed by atoms with Crippen molar-refractivity contribution >= 4 is 21.8 Å². The maximum absolute atomic E-state index is 12.8. The van der Waals surface area contributed by atoms with Crippen LogP contribution in [0.2, 0.25) is 0 Å². The van der Waals surface area contributed by atoms with Crippen molar-refractivity contribution in [2.45, 2.75) is 6.18 Å². The van der Waals surface area contributed by atoms with Crippen molar-refractivity contribution in [3.05, 3.63) is 58.1 Å². The van der Waals surface area contributed by atoms with Crippen LogP contribution in [0.4, 0.5) is 13.2 Å². The molecule has 0 fully saturated rings. The predicted octanol–water partition coefficient (Wildman–Crippen LogP) is 4.54. The fourth-order valence-corrected chi connectivity index (χ4v) is 2.08. The quantitative estimate of drug-likeness (QED) is 0.624. The van der Waals surface area contributed by atoms with Gasteiger partial charge < -0.3 is 10.5 Å². The van der Waals surface area contributed by atoms with Crippen LogP contribution in [-0.4, -0.2) is 5.84 Å². The number of halogens is 4. The standard InChI is InChI=1S/C14H10BrF3N2O/c15-11-3-1-2-4-12(11)21-8-5-6-10(14(16,17)18)9(7-8)13(19)20/h1-7H,(H3,19,20). The molecule has 0 atom stereocenters.